The molecule has 2 aliphatic rings. The molecule has 1 N–H and O–H groups in total. The van der Waals surface area contributed by atoms with Gasteiger partial charge in [-0.25, -0.2) is 24.6 Å². The molecule has 1 aliphatic carbocycles. The minimum atomic E-state index is -0.173. The van der Waals surface area contributed by atoms with Crippen LogP contribution in [-0.2, 0) is 17.9 Å². The summed E-state index contributed by atoms with van der Waals surface area (Å²) in [4.78, 5) is 19.9. The van der Waals surface area contributed by atoms with Crippen LogP contribution in [0.5, 0.6) is 11.6 Å². The maximum absolute atomic E-state index is 6.46. The number of halogens is 1. The van der Waals surface area contributed by atoms with Crippen molar-refractivity contribution in [2.24, 2.45) is 0 Å². The zero-order valence-corrected chi connectivity index (χ0v) is 26.9. The quantitative estimate of drug-likeness (QED) is 0.188. The average Bonchev–Trinajstić information content (AvgIpc) is 3.89. The highest BCUT2D eigenvalue weighted by atomic mass is 35.5. The van der Waals surface area contributed by atoms with Crippen molar-refractivity contribution < 1.29 is 18.6 Å². The molecule has 0 radical (unpaired) electrons. The molecule has 246 valence electrons. The second-order valence-electron chi connectivity index (χ2n) is 11.8. The number of rotatable bonds is 12. The third-order valence-corrected chi connectivity index (χ3v) is 8.83. The van der Waals surface area contributed by atoms with Crippen molar-refractivity contribution in [3.05, 3.63) is 72.8 Å². The van der Waals surface area contributed by atoms with Gasteiger partial charge in [-0.05, 0) is 50.3 Å². The Hall–Kier alpha value is -4.53. The van der Waals surface area contributed by atoms with E-state index in [1.165, 1.54) is 12.6 Å². The van der Waals surface area contributed by atoms with Gasteiger partial charge < -0.3 is 23.9 Å². The van der Waals surface area contributed by atoms with Crippen LogP contribution in [0.2, 0.25) is 5.02 Å². The third kappa shape index (κ3) is 7.72. The van der Waals surface area contributed by atoms with Crippen molar-refractivity contribution in [1.82, 2.24) is 44.4 Å². The van der Waals surface area contributed by atoms with Gasteiger partial charge >= 0.3 is 0 Å². The van der Waals surface area contributed by atoms with Gasteiger partial charge in [-0.15, -0.1) is 5.10 Å². The lowest BCUT2D eigenvalue weighted by Crippen LogP contribution is -2.45. The number of hydrogen-bond acceptors (Lipinski definition) is 12. The monoisotopic (exact) mass is 660 g/mol. The van der Waals surface area contributed by atoms with E-state index in [0.29, 0.717) is 46.8 Å². The first kappa shape index (κ1) is 31.1. The lowest BCUT2D eigenvalue weighted by Gasteiger charge is -2.38. The summed E-state index contributed by atoms with van der Waals surface area (Å²) in [5, 5.41) is 12.8. The van der Waals surface area contributed by atoms with E-state index in [4.69, 9.17) is 35.3 Å². The second-order valence-corrected chi connectivity index (χ2v) is 12.2. The summed E-state index contributed by atoms with van der Waals surface area (Å²) in [6, 6.07) is 6.48. The summed E-state index contributed by atoms with van der Waals surface area (Å²) in [7, 11) is 0. The van der Waals surface area contributed by atoms with Crippen LogP contribution in [-0.4, -0.2) is 82.8 Å². The standard InChI is InChI=1S/C32H37ClN10O4/c1-22(17-42-21-34-20-38-42)47-29-14-23(2-7-27(29)33)24-15-36-32(37-16-24)39-28-18-43(40-31(28)46-19-30-35-8-11-45-30)26-5-3-25(4-6-26)41-9-12-44-13-10-41/h2,7-8,11,14-16,18,20-22,25-26H,3-6,9-10,12-13,17,19H2,1H3,(H,36,37,39). The Bertz CT molecular complexity index is 1700. The molecule has 5 heterocycles. The number of benzene rings is 1. The molecule has 47 heavy (non-hydrogen) atoms. The average molecular weight is 661 g/mol. The zero-order chi connectivity index (χ0) is 32.0. The van der Waals surface area contributed by atoms with Crippen molar-refractivity contribution in [3.63, 3.8) is 0 Å². The van der Waals surface area contributed by atoms with Crippen LogP contribution in [0.3, 0.4) is 0 Å². The van der Waals surface area contributed by atoms with Crippen molar-refractivity contribution in [2.75, 3.05) is 31.6 Å². The molecule has 0 spiro atoms. The van der Waals surface area contributed by atoms with Crippen LogP contribution in [0.1, 0.15) is 44.5 Å². The van der Waals surface area contributed by atoms with Gasteiger partial charge in [-0.2, -0.15) is 5.10 Å². The van der Waals surface area contributed by atoms with Crippen LogP contribution < -0.4 is 14.8 Å². The Balaban J connectivity index is 1.03. The van der Waals surface area contributed by atoms with Crippen molar-refractivity contribution in [2.45, 2.75) is 63.9 Å². The Morgan fingerprint density at radius 2 is 1.85 bits per heavy atom. The molecule has 1 saturated heterocycles. The molecule has 1 atom stereocenters. The van der Waals surface area contributed by atoms with Crippen LogP contribution in [0.4, 0.5) is 11.6 Å². The third-order valence-electron chi connectivity index (χ3n) is 8.52. The van der Waals surface area contributed by atoms with Gasteiger partial charge in [0.2, 0.25) is 11.8 Å². The van der Waals surface area contributed by atoms with Gasteiger partial charge in [-0.1, -0.05) is 17.7 Å². The summed E-state index contributed by atoms with van der Waals surface area (Å²) < 4.78 is 26.8. The Morgan fingerprint density at radius 3 is 2.60 bits per heavy atom. The first-order valence-corrected chi connectivity index (χ1v) is 16.3. The maximum atomic E-state index is 6.46. The smallest absolute Gasteiger partial charge is 0.257 e. The first-order valence-electron chi connectivity index (χ1n) is 15.9. The summed E-state index contributed by atoms with van der Waals surface area (Å²) in [6.45, 7) is 6.32. The molecule has 5 aromatic rings. The summed E-state index contributed by atoms with van der Waals surface area (Å²) >= 11 is 6.46. The van der Waals surface area contributed by atoms with Crippen LogP contribution in [0.15, 0.2) is 66.3 Å². The Labute approximate surface area is 277 Å². The van der Waals surface area contributed by atoms with E-state index in [9.17, 15) is 0 Å². The summed E-state index contributed by atoms with van der Waals surface area (Å²) in [5.74, 6) is 1.89. The minimum Gasteiger partial charge on any atom is -0.487 e. The van der Waals surface area contributed by atoms with Crippen molar-refractivity contribution in [1.29, 1.82) is 0 Å². The molecule has 4 aromatic heterocycles. The molecule has 1 saturated carbocycles. The molecule has 1 unspecified atom stereocenters. The second kappa shape index (κ2) is 14.5. The Kier molecular flexibility index (Phi) is 9.58. The van der Waals surface area contributed by atoms with Gasteiger partial charge in [0.25, 0.3) is 5.88 Å². The first-order chi connectivity index (χ1) is 23.1. The molecular weight excluding hydrogens is 624 g/mol. The molecule has 1 aromatic carbocycles. The number of anilines is 2. The number of aromatic nitrogens is 8. The fourth-order valence-electron chi connectivity index (χ4n) is 6.12. The molecule has 2 fully saturated rings. The molecule has 7 rings (SSSR count). The topological polar surface area (TPSA) is 143 Å². The molecule has 15 heteroatoms. The largest absolute Gasteiger partial charge is 0.487 e. The minimum absolute atomic E-state index is 0.153. The number of nitrogens with zero attached hydrogens (tertiary/aromatic N) is 9. The normalized spacial score (nSPS) is 19.4. The van der Waals surface area contributed by atoms with Crippen molar-refractivity contribution >= 4 is 23.2 Å². The van der Waals surface area contributed by atoms with E-state index in [1.54, 1.807) is 35.7 Å². The summed E-state index contributed by atoms with van der Waals surface area (Å²) in [5.41, 5.74) is 2.36. The predicted octanol–water partition coefficient (Wildman–Crippen LogP) is 5.18. The number of ether oxygens (including phenoxy) is 3. The molecule has 0 bridgehead atoms. The highest BCUT2D eigenvalue weighted by Crippen LogP contribution is 2.35. The van der Waals surface area contributed by atoms with E-state index in [2.05, 4.69) is 35.3 Å². The number of oxazole rings is 1. The lowest BCUT2D eigenvalue weighted by molar-refractivity contribution is 0.00502. The fourth-order valence-corrected chi connectivity index (χ4v) is 6.28. The molecule has 14 nitrogen and oxygen atoms in total. The lowest BCUT2D eigenvalue weighted by atomic mass is 9.90. The van der Waals surface area contributed by atoms with E-state index in [-0.39, 0.29) is 18.8 Å². The van der Waals surface area contributed by atoms with Crippen LogP contribution in [0.25, 0.3) is 11.1 Å². The molecule has 0 amide bonds. The molecular formula is C32H37ClN10O4. The van der Waals surface area contributed by atoms with Gasteiger partial charge in [0.05, 0.1) is 43.2 Å². The zero-order valence-electron chi connectivity index (χ0n) is 26.1. The SMILES string of the molecule is CC(Cn1cncn1)Oc1cc(-c2cnc(Nc3cn(C4CCC(N5CCOCC5)CC4)nc3OCc3ncco3)nc2)ccc1Cl. The van der Waals surface area contributed by atoms with E-state index in [0.717, 1.165) is 63.1 Å². The maximum Gasteiger partial charge on any atom is 0.257 e. The molecule has 1 aliphatic heterocycles. The van der Waals surface area contributed by atoms with Gasteiger partial charge in [-0.3, -0.25) is 9.58 Å². The van der Waals surface area contributed by atoms with Gasteiger partial charge in [0.1, 0.15) is 36.5 Å². The van der Waals surface area contributed by atoms with Gasteiger partial charge in [0.15, 0.2) is 6.61 Å². The summed E-state index contributed by atoms with van der Waals surface area (Å²) in [6.07, 6.45) is 15.9. The van der Waals surface area contributed by atoms with Gasteiger partial charge in [0, 0.05) is 37.1 Å². The number of hydrogen-bond donors (Lipinski definition) is 1. The van der Waals surface area contributed by atoms with Crippen LogP contribution in [0, 0.1) is 0 Å². The highest BCUT2D eigenvalue weighted by Gasteiger charge is 2.29. The Morgan fingerprint density at radius 1 is 1.04 bits per heavy atom. The number of nitrogens with one attached hydrogen (secondary N) is 1. The van der Waals surface area contributed by atoms with Crippen LogP contribution >= 0.6 is 11.6 Å². The van der Waals surface area contributed by atoms with E-state index < -0.39 is 0 Å². The highest BCUT2D eigenvalue weighted by molar-refractivity contribution is 6.32. The van der Waals surface area contributed by atoms with E-state index in [1.807, 2.05) is 29.9 Å². The predicted molar refractivity (Wildman–Crippen MR) is 173 cm³/mol. The number of morpholine rings is 1. The van der Waals surface area contributed by atoms with E-state index >= 15 is 0 Å². The van der Waals surface area contributed by atoms with Crippen molar-refractivity contribution in [3.8, 4) is 22.8 Å². The fraction of sp³-hybridized carbons (Fsp3) is 0.438.